The second kappa shape index (κ2) is 5.68. The Hall–Kier alpha value is -3.70. The Balaban J connectivity index is 1.98. The summed E-state index contributed by atoms with van der Waals surface area (Å²) < 4.78 is 16.7. The zero-order valence-electron chi connectivity index (χ0n) is 13.6. The highest BCUT2D eigenvalue weighted by Crippen LogP contribution is 2.44. The van der Waals surface area contributed by atoms with E-state index in [2.05, 4.69) is 20.8 Å². The minimum Gasteiger partial charge on any atom is -0.466 e. The molecule has 2 aromatic rings. The second-order valence-corrected chi connectivity index (χ2v) is 5.53. The van der Waals surface area contributed by atoms with Crippen LogP contribution in [0.3, 0.4) is 0 Å². The summed E-state index contributed by atoms with van der Waals surface area (Å²) in [5.41, 5.74) is 0.497. The predicted molar refractivity (Wildman–Crippen MR) is 83.5 cm³/mol. The van der Waals surface area contributed by atoms with Gasteiger partial charge in [0.2, 0.25) is 12.7 Å². The molecule has 0 saturated heterocycles. The van der Waals surface area contributed by atoms with Crippen LogP contribution in [-0.4, -0.2) is 45.0 Å². The quantitative estimate of drug-likeness (QED) is 0.473. The molecule has 2 aliphatic rings. The van der Waals surface area contributed by atoms with Gasteiger partial charge in [-0.05, 0) is 23.4 Å². The summed E-state index contributed by atoms with van der Waals surface area (Å²) in [6.07, 6.45) is 0. The number of fused-ring (bicyclic) bond motifs is 2. The molecule has 0 bridgehead atoms. The van der Waals surface area contributed by atoms with Crippen LogP contribution >= 0.6 is 0 Å². The van der Waals surface area contributed by atoms with Crippen molar-refractivity contribution in [3.8, 4) is 11.5 Å². The third kappa shape index (κ3) is 2.22. The molecule has 0 unspecified atom stereocenters. The van der Waals surface area contributed by atoms with Gasteiger partial charge in [0.1, 0.15) is 6.04 Å². The predicted octanol–water partition coefficient (Wildman–Crippen LogP) is 0.772. The molecule has 4 rings (SSSR count). The van der Waals surface area contributed by atoms with E-state index in [-0.39, 0.29) is 35.3 Å². The van der Waals surface area contributed by atoms with Crippen LogP contribution in [-0.2, 0) is 9.53 Å². The largest absolute Gasteiger partial charge is 0.466 e. The lowest BCUT2D eigenvalue weighted by molar-refractivity contribution is -0.385. The average Bonchev–Trinajstić information content (AvgIpc) is 3.26. The van der Waals surface area contributed by atoms with Gasteiger partial charge in [0.05, 0.1) is 29.2 Å². The van der Waals surface area contributed by atoms with Crippen molar-refractivity contribution in [2.24, 2.45) is 0 Å². The first kappa shape index (κ1) is 15.8. The molecule has 0 amide bonds. The van der Waals surface area contributed by atoms with Crippen molar-refractivity contribution < 1.29 is 23.9 Å². The zero-order valence-corrected chi connectivity index (χ0v) is 13.6. The molecule has 12 heteroatoms. The number of aromatic nitrogens is 4. The van der Waals surface area contributed by atoms with Crippen molar-refractivity contribution in [3.05, 3.63) is 39.1 Å². The second-order valence-electron chi connectivity index (χ2n) is 5.53. The van der Waals surface area contributed by atoms with Crippen LogP contribution in [0.1, 0.15) is 18.5 Å². The van der Waals surface area contributed by atoms with Crippen molar-refractivity contribution in [1.82, 2.24) is 20.2 Å². The summed E-state index contributed by atoms with van der Waals surface area (Å²) in [5, 5.41) is 25.8. The number of nitro benzene ring substituents is 1. The van der Waals surface area contributed by atoms with Gasteiger partial charge in [-0.1, -0.05) is 5.10 Å². The van der Waals surface area contributed by atoms with Gasteiger partial charge in [0, 0.05) is 5.70 Å². The van der Waals surface area contributed by atoms with E-state index < -0.39 is 16.9 Å². The Morgan fingerprint density at radius 1 is 1.42 bits per heavy atom. The minimum atomic E-state index is -0.969. The van der Waals surface area contributed by atoms with Crippen LogP contribution in [0.2, 0.25) is 0 Å². The van der Waals surface area contributed by atoms with Crippen LogP contribution in [0.15, 0.2) is 23.4 Å². The summed E-state index contributed by atoms with van der Waals surface area (Å²) in [4.78, 5) is 23.5. The number of benzene rings is 1. The fourth-order valence-corrected chi connectivity index (χ4v) is 3.00. The van der Waals surface area contributed by atoms with Crippen LogP contribution < -0.4 is 14.8 Å². The first-order valence-electron chi connectivity index (χ1n) is 7.43. The number of nitrogens with one attached hydrogen (secondary N) is 1. The molecule has 1 aromatic carbocycles. The molecule has 1 aromatic heterocycles. The highest BCUT2D eigenvalue weighted by atomic mass is 16.7. The Kier molecular flexibility index (Phi) is 3.45. The fourth-order valence-electron chi connectivity index (χ4n) is 3.00. The number of tetrazole rings is 1. The molecule has 0 saturated carbocycles. The summed E-state index contributed by atoms with van der Waals surface area (Å²) in [5.74, 6) is 0.174. The van der Waals surface area contributed by atoms with E-state index in [0.717, 1.165) is 0 Å². The Bertz CT molecular complexity index is 967. The summed E-state index contributed by atoms with van der Waals surface area (Å²) >= 11 is 0. The average molecular weight is 360 g/mol. The zero-order chi connectivity index (χ0) is 18.4. The molecule has 1 N–H and O–H groups in total. The van der Waals surface area contributed by atoms with Gasteiger partial charge in [-0.25, -0.2) is 4.79 Å². The van der Waals surface area contributed by atoms with Gasteiger partial charge < -0.3 is 19.5 Å². The van der Waals surface area contributed by atoms with Crippen molar-refractivity contribution in [2.75, 3.05) is 19.2 Å². The maximum atomic E-state index is 12.4. The molecule has 0 fully saturated rings. The Morgan fingerprint density at radius 3 is 2.85 bits per heavy atom. The number of nitro groups is 1. The summed E-state index contributed by atoms with van der Waals surface area (Å²) in [7, 11) is 1.23. The lowest BCUT2D eigenvalue weighted by atomic mass is 9.94. The number of anilines is 1. The van der Waals surface area contributed by atoms with Crippen molar-refractivity contribution in [3.63, 3.8) is 0 Å². The number of nitrogens with zero attached hydrogens (tertiary/aromatic N) is 5. The number of allylic oxidation sites excluding steroid dienone is 1. The van der Waals surface area contributed by atoms with E-state index in [1.807, 2.05) is 0 Å². The van der Waals surface area contributed by atoms with E-state index in [1.165, 1.54) is 23.9 Å². The molecule has 1 atom stereocenters. The van der Waals surface area contributed by atoms with Crippen LogP contribution in [0, 0.1) is 10.1 Å². The number of hydrogen-bond donors (Lipinski definition) is 1. The summed E-state index contributed by atoms with van der Waals surface area (Å²) in [6.45, 7) is 1.59. The number of carbonyl (C=O) groups excluding carboxylic acids is 1. The molecule has 0 radical (unpaired) electrons. The molecular weight excluding hydrogens is 348 g/mol. The van der Waals surface area contributed by atoms with E-state index in [9.17, 15) is 14.9 Å². The van der Waals surface area contributed by atoms with Gasteiger partial charge in [0.25, 0.3) is 5.69 Å². The molecule has 12 nitrogen and oxygen atoms in total. The van der Waals surface area contributed by atoms with E-state index in [0.29, 0.717) is 11.4 Å². The van der Waals surface area contributed by atoms with Gasteiger partial charge in [-0.2, -0.15) is 4.68 Å². The number of esters is 1. The topological polar surface area (TPSA) is 144 Å². The van der Waals surface area contributed by atoms with Crippen molar-refractivity contribution in [2.45, 2.75) is 13.0 Å². The number of methoxy groups -OCH3 is 1. The van der Waals surface area contributed by atoms with Gasteiger partial charge in [0.15, 0.2) is 11.5 Å². The molecule has 26 heavy (non-hydrogen) atoms. The smallest absolute Gasteiger partial charge is 0.338 e. The standard InChI is InChI=1S/C14H12N6O6/c1-6-11(13(21)24-2)12(19-14(15-6)16-17-18-19)7-3-9-10(26-5-25-9)4-8(7)20(22)23/h3-4,12H,5H2,1-2H3,(H,15,16,18)/t12-/m1/s1. The summed E-state index contributed by atoms with van der Waals surface area (Å²) in [6, 6.07) is 1.75. The molecule has 134 valence electrons. The van der Waals surface area contributed by atoms with Crippen molar-refractivity contribution in [1.29, 1.82) is 0 Å². The van der Waals surface area contributed by atoms with E-state index >= 15 is 0 Å². The van der Waals surface area contributed by atoms with Crippen LogP contribution in [0.25, 0.3) is 0 Å². The number of hydrogen-bond acceptors (Lipinski definition) is 10. The van der Waals surface area contributed by atoms with Crippen molar-refractivity contribution >= 4 is 17.6 Å². The monoisotopic (exact) mass is 360 g/mol. The third-order valence-electron chi connectivity index (χ3n) is 4.13. The number of carbonyl (C=O) groups is 1. The lowest BCUT2D eigenvalue weighted by Crippen LogP contribution is -2.29. The Labute approximate surface area is 145 Å². The third-order valence-corrected chi connectivity index (χ3v) is 4.13. The SMILES string of the molecule is COC(=O)C1=C(C)Nc2nnnn2[C@@H]1c1cc2c(cc1[N+](=O)[O-])OCO2. The Morgan fingerprint density at radius 2 is 2.15 bits per heavy atom. The van der Waals surface area contributed by atoms with Crippen LogP contribution in [0.5, 0.6) is 11.5 Å². The first-order valence-corrected chi connectivity index (χ1v) is 7.43. The maximum Gasteiger partial charge on any atom is 0.338 e. The van der Waals surface area contributed by atoms with E-state index in [4.69, 9.17) is 14.2 Å². The van der Waals surface area contributed by atoms with Crippen LogP contribution in [0.4, 0.5) is 11.6 Å². The highest BCUT2D eigenvalue weighted by molar-refractivity contribution is 5.92. The first-order chi connectivity index (χ1) is 12.5. The molecule has 2 aliphatic heterocycles. The normalized spacial score (nSPS) is 17.5. The van der Waals surface area contributed by atoms with Gasteiger partial charge in [-0.3, -0.25) is 10.1 Å². The molecular formula is C14H12N6O6. The minimum absolute atomic E-state index is 0.0446. The highest BCUT2D eigenvalue weighted by Gasteiger charge is 2.39. The lowest BCUT2D eigenvalue weighted by Gasteiger charge is -2.26. The van der Waals surface area contributed by atoms with Gasteiger partial charge in [-0.15, -0.1) is 0 Å². The molecule has 0 aliphatic carbocycles. The molecule has 0 spiro atoms. The fraction of sp³-hybridized carbons (Fsp3) is 0.286. The number of ether oxygens (including phenoxy) is 3. The molecule has 3 heterocycles. The van der Waals surface area contributed by atoms with Gasteiger partial charge >= 0.3 is 5.97 Å². The maximum absolute atomic E-state index is 12.4. The van der Waals surface area contributed by atoms with E-state index in [1.54, 1.807) is 6.92 Å². The number of rotatable bonds is 3.